The third-order valence-electron chi connectivity index (χ3n) is 4.91. The second kappa shape index (κ2) is 6.05. The number of benzene rings is 1. The van der Waals surface area contributed by atoms with Gasteiger partial charge in [0.05, 0.1) is 28.7 Å². The molecule has 7 nitrogen and oxygen atoms in total. The largest absolute Gasteiger partial charge is 0.313 e. The number of para-hydroxylation sites is 1. The number of carbonyl (C=O) groups excluding carboxylic acids is 1. The quantitative estimate of drug-likeness (QED) is 0.607. The van der Waals surface area contributed by atoms with E-state index in [1.54, 1.807) is 23.1 Å². The van der Waals surface area contributed by atoms with Gasteiger partial charge in [-0.05, 0) is 37.1 Å². The first-order chi connectivity index (χ1) is 13.2. The molecule has 3 aromatic heterocycles. The molecule has 0 unspecified atom stereocenters. The van der Waals surface area contributed by atoms with Gasteiger partial charge in [0.15, 0.2) is 0 Å². The van der Waals surface area contributed by atoms with Crippen LogP contribution in [-0.2, 0) is 7.05 Å². The average Bonchev–Trinajstić information content (AvgIpc) is 3.35. The summed E-state index contributed by atoms with van der Waals surface area (Å²) < 4.78 is 3.62. The van der Waals surface area contributed by atoms with E-state index < -0.39 is 0 Å². The average molecular weight is 358 g/mol. The van der Waals surface area contributed by atoms with Crippen molar-refractivity contribution in [3.05, 3.63) is 66.2 Å². The summed E-state index contributed by atoms with van der Waals surface area (Å²) in [5.41, 5.74) is 4.04. The number of carbonyl (C=O) groups is 1. The van der Waals surface area contributed by atoms with Crippen LogP contribution in [0.2, 0.25) is 0 Å². The van der Waals surface area contributed by atoms with Crippen molar-refractivity contribution in [3.8, 4) is 5.69 Å². The lowest BCUT2D eigenvalue weighted by Gasteiger charge is -2.10. The molecule has 0 radical (unpaired) electrons. The number of amides is 1. The zero-order valence-electron chi connectivity index (χ0n) is 14.8. The van der Waals surface area contributed by atoms with Crippen LogP contribution in [0.1, 0.15) is 34.8 Å². The molecular weight excluding hydrogens is 340 g/mol. The van der Waals surface area contributed by atoms with Crippen molar-refractivity contribution in [1.82, 2.24) is 24.3 Å². The second-order valence-electron chi connectivity index (χ2n) is 6.79. The van der Waals surface area contributed by atoms with Gasteiger partial charge in [0.25, 0.3) is 5.91 Å². The number of hydrogen-bond donors (Lipinski definition) is 1. The van der Waals surface area contributed by atoms with Crippen molar-refractivity contribution < 1.29 is 4.79 Å². The van der Waals surface area contributed by atoms with E-state index in [0.717, 1.165) is 22.4 Å². The van der Waals surface area contributed by atoms with Crippen LogP contribution in [0.25, 0.3) is 16.7 Å². The van der Waals surface area contributed by atoms with Crippen LogP contribution in [0.15, 0.2) is 55.0 Å². The van der Waals surface area contributed by atoms with Crippen LogP contribution < -0.4 is 5.32 Å². The van der Waals surface area contributed by atoms with Crippen molar-refractivity contribution in [3.63, 3.8) is 0 Å². The van der Waals surface area contributed by atoms with Crippen LogP contribution >= 0.6 is 0 Å². The number of anilines is 1. The summed E-state index contributed by atoms with van der Waals surface area (Å²) in [5.74, 6) is 0.832. The number of aryl methyl sites for hydroxylation is 1. The molecule has 1 fully saturated rings. The number of nitrogens with one attached hydrogen (secondary N) is 1. The van der Waals surface area contributed by atoms with E-state index >= 15 is 0 Å². The zero-order valence-corrected chi connectivity index (χ0v) is 14.8. The number of imidazole rings is 1. The van der Waals surface area contributed by atoms with Gasteiger partial charge in [-0.25, -0.2) is 9.67 Å². The molecule has 7 heteroatoms. The Balaban J connectivity index is 1.48. The van der Waals surface area contributed by atoms with Crippen molar-refractivity contribution in [2.24, 2.45) is 7.05 Å². The molecule has 27 heavy (non-hydrogen) atoms. The molecule has 1 aromatic carbocycles. The molecule has 0 atom stereocenters. The highest BCUT2D eigenvalue weighted by Crippen LogP contribution is 2.39. The fraction of sp³-hybridized carbons (Fsp3) is 0.200. The fourth-order valence-corrected chi connectivity index (χ4v) is 3.27. The van der Waals surface area contributed by atoms with Crippen LogP contribution in [0, 0.1) is 0 Å². The van der Waals surface area contributed by atoms with E-state index in [1.807, 2.05) is 48.1 Å². The van der Waals surface area contributed by atoms with Crippen molar-refractivity contribution in [2.75, 3.05) is 5.32 Å². The van der Waals surface area contributed by atoms with Gasteiger partial charge in [0.1, 0.15) is 5.52 Å². The number of hydrogen-bond acceptors (Lipinski definition) is 4. The van der Waals surface area contributed by atoms with Crippen LogP contribution in [0.4, 0.5) is 5.95 Å². The third kappa shape index (κ3) is 2.77. The number of nitrogens with zero attached hydrogens (tertiary/aromatic N) is 5. The van der Waals surface area contributed by atoms with E-state index in [4.69, 9.17) is 0 Å². The third-order valence-corrected chi connectivity index (χ3v) is 4.91. The molecule has 1 N–H and O–H groups in total. The second-order valence-corrected chi connectivity index (χ2v) is 6.79. The number of pyridine rings is 1. The van der Waals surface area contributed by atoms with Gasteiger partial charge in [-0.1, -0.05) is 12.1 Å². The molecule has 0 spiro atoms. The molecule has 0 aliphatic heterocycles. The number of fused-ring (bicyclic) bond motifs is 1. The molecule has 1 aliphatic rings. The Hall–Kier alpha value is -3.48. The highest BCUT2D eigenvalue weighted by Gasteiger charge is 2.26. The summed E-state index contributed by atoms with van der Waals surface area (Å²) in [5, 5.41) is 7.56. The van der Waals surface area contributed by atoms with Gasteiger partial charge in [0.2, 0.25) is 5.95 Å². The smallest absolute Gasteiger partial charge is 0.260 e. The molecular formula is C20H18N6O. The Morgan fingerprint density at radius 1 is 1.19 bits per heavy atom. The van der Waals surface area contributed by atoms with Gasteiger partial charge < -0.3 is 4.57 Å². The summed E-state index contributed by atoms with van der Waals surface area (Å²) in [7, 11) is 1.87. The van der Waals surface area contributed by atoms with Crippen molar-refractivity contribution in [2.45, 2.75) is 18.8 Å². The molecule has 5 rings (SSSR count). The lowest BCUT2D eigenvalue weighted by molar-refractivity contribution is 0.102. The van der Waals surface area contributed by atoms with E-state index in [0.29, 0.717) is 17.4 Å². The molecule has 1 aliphatic carbocycles. The van der Waals surface area contributed by atoms with Gasteiger partial charge >= 0.3 is 0 Å². The summed E-state index contributed by atoms with van der Waals surface area (Å²) >= 11 is 0. The maximum Gasteiger partial charge on any atom is 0.260 e. The van der Waals surface area contributed by atoms with E-state index in [9.17, 15) is 4.79 Å². The first kappa shape index (κ1) is 15.7. The van der Waals surface area contributed by atoms with Gasteiger partial charge in [0, 0.05) is 25.4 Å². The standard InChI is InChI=1S/C20H18N6O/c1-25-18-8-10-21-12-16(18)22-20(25)23-19(27)14-4-2-3-5-17(14)26-11-9-15(24-26)13-6-7-13/h2-5,8-13H,6-7H2,1H3,(H,22,23,27). The normalized spacial score (nSPS) is 13.8. The SMILES string of the molecule is Cn1c(NC(=O)c2ccccc2-n2ccc(C3CC3)n2)nc2cnccc21. The number of rotatable bonds is 4. The number of aromatic nitrogens is 5. The Kier molecular flexibility index (Phi) is 3.53. The molecule has 4 aromatic rings. The topological polar surface area (TPSA) is 77.6 Å². The van der Waals surface area contributed by atoms with E-state index in [-0.39, 0.29) is 5.91 Å². The molecule has 3 heterocycles. The van der Waals surface area contributed by atoms with Crippen LogP contribution in [0.5, 0.6) is 0 Å². The minimum Gasteiger partial charge on any atom is -0.313 e. The molecule has 134 valence electrons. The predicted molar refractivity (Wildman–Crippen MR) is 102 cm³/mol. The maximum absolute atomic E-state index is 13.0. The molecule has 0 saturated heterocycles. The first-order valence-electron chi connectivity index (χ1n) is 8.93. The minimum atomic E-state index is -0.222. The summed E-state index contributed by atoms with van der Waals surface area (Å²) in [4.78, 5) is 21.5. The molecule has 0 bridgehead atoms. The highest BCUT2D eigenvalue weighted by atomic mass is 16.1. The van der Waals surface area contributed by atoms with Gasteiger partial charge in [-0.2, -0.15) is 5.10 Å². The Bertz CT molecular complexity index is 1150. The predicted octanol–water partition coefficient (Wildman–Crippen LogP) is 3.28. The molecule has 1 amide bonds. The maximum atomic E-state index is 13.0. The van der Waals surface area contributed by atoms with Crippen molar-refractivity contribution in [1.29, 1.82) is 0 Å². The van der Waals surface area contributed by atoms with Crippen LogP contribution in [0.3, 0.4) is 0 Å². The summed E-state index contributed by atoms with van der Waals surface area (Å²) in [6, 6.07) is 11.4. The van der Waals surface area contributed by atoms with E-state index in [2.05, 4.69) is 20.4 Å². The Labute approximate surface area is 155 Å². The Morgan fingerprint density at radius 2 is 2.04 bits per heavy atom. The van der Waals surface area contributed by atoms with Gasteiger partial charge in [-0.3, -0.25) is 15.1 Å². The van der Waals surface area contributed by atoms with Crippen LogP contribution in [-0.4, -0.2) is 30.2 Å². The Morgan fingerprint density at radius 3 is 2.85 bits per heavy atom. The monoisotopic (exact) mass is 358 g/mol. The van der Waals surface area contributed by atoms with Crippen molar-refractivity contribution >= 4 is 22.9 Å². The fourth-order valence-electron chi connectivity index (χ4n) is 3.27. The first-order valence-corrected chi connectivity index (χ1v) is 8.93. The highest BCUT2D eigenvalue weighted by molar-refractivity contribution is 6.06. The lowest BCUT2D eigenvalue weighted by atomic mass is 10.1. The minimum absolute atomic E-state index is 0.222. The summed E-state index contributed by atoms with van der Waals surface area (Å²) in [6.45, 7) is 0. The van der Waals surface area contributed by atoms with Gasteiger partial charge in [-0.15, -0.1) is 0 Å². The summed E-state index contributed by atoms with van der Waals surface area (Å²) in [6.07, 6.45) is 7.70. The molecule has 1 saturated carbocycles. The zero-order chi connectivity index (χ0) is 18.4. The van der Waals surface area contributed by atoms with E-state index in [1.165, 1.54) is 12.8 Å². The lowest BCUT2D eigenvalue weighted by Crippen LogP contribution is -2.17.